The highest BCUT2D eigenvalue weighted by atomic mass is 16.6. The zero-order valence-electron chi connectivity index (χ0n) is 13.3. The van der Waals surface area contributed by atoms with Gasteiger partial charge < -0.3 is 24.1 Å². The lowest BCUT2D eigenvalue weighted by molar-refractivity contribution is -0.244. The second kappa shape index (κ2) is 7.91. The maximum absolute atomic E-state index is 11.3. The van der Waals surface area contributed by atoms with Gasteiger partial charge in [-0.15, -0.1) is 0 Å². The average molecular weight is 332 g/mol. The van der Waals surface area contributed by atoms with E-state index >= 15 is 0 Å². The van der Waals surface area contributed by atoms with Crippen LogP contribution in [0.3, 0.4) is 0 Å². The van der Waals surface area contributed by atoms with Crippen molar-refractivity contribution in [1.82, 2.24) is 0 Å². The summed E-state index contributed by atoms with van der Waals surface area (Å²) < 4.78 is 20.8. The highest BCUT2D eigenvalue weighted by Gasteiger charge is 2.50. The smallest absolute Gasteiger partial charge is 0.306 e. The molecule has 0 aromatic rings. The van der Waals surface area contributed by atoms with E-state index < -0.39 is 60.8 Å². The molecule has 1 aliphatic rings. The molecular weight excluding hydrogens is 312 g/mol. The van der Waals surface area contributed by atoms with Crippen molar-refractivity contribution >= 4 is 23.9 Å². The number of hydrogen-bond donors (Lipinski definition) is 1. The van der Waals surface area contributed by atoms with Gasteiger partial charge in [0, 0.05) is 20.8 Å². The third-order valence-electron chi connectivity index (χ3n) is 3.15. The molecule has 0 amide bonds. The molecule has 1 aliphatic heterocycles. The van der Waals surface area contributed by atoms with Crippen LogP contribution in [0.1, 0.15) is 34.1 Å². The fourth-order valence-electron chi connectivity index (χ4n) is 2.45. The van der Waals surface area contributed by atoms with Gasteiger partial charge in [-0.05, 0) is 6.92 Å². The van der Waals surface area contributed by atoms with Gasteiger partial charge >= 0.3 is 23.9 Å². The van der Waals surface area contributed by atoms with Crippen molar-refractivity contribution in [3.8, 4) is 0 Å². The molecule has 1 unspecified atom stereocenters. The number of carboxylic acid groups (broad SMARTS) is 1. The molecule has 0 spiro atoms. The summed E-state index contributed by atoms with van der Waals surface area (Å²) >= 11 is 0. The minimum Gasteiger partial charge on any atom is -0.481 e. The van der Waals surface area contributed by atoms with E-state index in [1.54, 1.807) is 6.92 Å². The fraction of sp³-hybridized carbons (Fsp3) is 0.714. The van der Waals surface area contributed by atoms with Crippen LogP contribution in [0.25, 0.3) is 0 Å². The molecule has 0 aliphatic carbocycles. The standard InChI is InChI=1S/C14H20O9/c1-6-12(21-7(2)15)14(23-9(4)17)13(22-8(3)16)10(20-6)5-11(18)19/h6,10,12-14H,5H2,1-4H3,(H,18,19)/t6-,10+,12+,13-,14?/m1/s1. The number of aliphatic carboxylic acids is 1. The first-order valence-corrected chi connectivity index (χ1v) is 7.00. The number of rotatable bonds is 5. The van der Waals surface area contributed by atoms with Crippen molar-refractivity contribution in [2.45, 2.75) is 64.6 Å². The minimum atomic E-state index is -1.20. The van der Waals surface area contributed by atoms with Crippen LogP contribution >= 0.6 is 0 Å². The molecule has 0 bridgehead atoms. The van der Waals surface area contributed by atoms with Crippen LogP contribution in [0, 0.1) is 0 Å². The van der Waals surface area contributed by atoms with Crippen LogP contribution in [0.4, 0.5) is 0 Å². The van der Waals surface area contributed by atoms with Crippen LogP contribution in [-0.2, 0) is 38.1 Å². The molecule has 1 fully saturated rings. The minimum absolute atomic E-state index is 0.465. The Bertz CT molecular complexity index is 487. The van der Waals surface area contributed by atoms with Crippen molar-refractivity contribution < 1.29 is 43.2 Å². The third-order valence-corrected chi connectivity index (χ3v) is 3.15. The van der Waals surface area contributed by atoms with Gasteiger partial charge in [0.05, 0.1) is 12.5 Å². The number of hydrogen-bond acceptors (Lipinski definition) is 8. The molecule has 9 nitrogen and oxygen atoms in total. The average Bonchev–Trinajstić information content (AvgIpc) is 2.36. The molecule has 0 radical (unpaired) electrons. The van der Waals surface area contributed by atoms with Crippen molar-refractivity contribution in [3.05, 3.63) is 0 Å². The predicted molar refractivity (Wildman–Crippen MR) is 73.2 cm³/mol. The van der Waals surface area contributed by atoms with Crippen molar-refractivity contribution in [2.75, 3.05) is 0 Å². The Balaban J connectivity index is 3.15. The van der Waals surface area contributed by atoms with E-state index in [4.69, 9.17) is 24.1 Å². The van der Waals surface area contributed by atoms with Gasteiger partial charge in [-0.3, -0.25) is 19.2 Å². The second-order valence-corrected chi connectivity index (χ2v) is 5.20. The Hall–Kier alpha value is -2.16. The number of carbonyl (C=O) groups is 4. The molecule has 0 aromatic carbocycles. The van der Waals surface area contributed by atoms with E-state index in [1.165, 1.54) is 6.92 Å². The van der Waals surface area contributed by atoms with Gasteiger partial charge in [-0.2, -0.15) is 0 Å². The van der Waals surface area contributed by atoms with Gasteiger partial charge in [-0.25, -0.2) is 0 Å². The summed E-state index contributed by atoms with van der Waals surface area (Å²) in [6.45, 7) is 4.98. The molecule has 1 rings (SSSR count). The molecule has 9 heteroatoms. The Morgan fingerprint density at radius 1 is 0.870 bits per heavy atom. The zero-order valence-corrected chi connectivity index (χ0v) is 13.3. The summed E-state index contributed by atoms with van der Waals surface area (Å²) in [6.07, 6.45) is -5.64. The molecule has 1 heterocycles. The highest BCUT2D eigenvalue weighted by molar-refractivity contribution is 5.69. The largest absolute Gasteiger partial charge is 0.481 e. The zero-order chi connectivity index (χ0) is 17.7. The monoisotopic (exact) mass is 332 g/mol. The first-order valence-electron chi connectivity index (χ1n) is 7.00. The van der Waals surface area contributed by atoms with Crippen molar-refractivity contribution in [1.29, 1.82) is 0 Å². The third kappa shape index (κ3) is 5.51. The summed E-state index contributed by atoms with van der Waals surface area (Å²) in [7, 11) is 0. The number of carboxylic acids is 1. The summed E-state index contributed by atoms with van der Waals surface area (Å²) in [5, 5.41) is 8.97. The van der Waals surface area contributed by atoms with Crippen molar-refractivity contribution in [2.24, 2.45) is 0 Å². The molecule has 23 heavy (non-hydrogen) atoms. The fourth-order valence-corrected chi connectivity index (χ4v) is 2.45. The van der Waals surface area contributed by atoms with Crippen LogP contribution in [-0.4, -0.2) is 59.5 Å². The van der Waals surface area contributed by atoms with Crippen LogP contribution in [0.5, 0.6) is 0 Å². The summed E-state index contributed by atoms with van der Waals surface area (Å²) in [6, 6.07) is 0. The quantitative estimate of drug-likeness (QED) is 0.548. The molecule has 0 saturated carbocycles. The van der Waals surface area contributed by atoms with Gasteiger partial charge in [-0.1, -0.05) is 0 Å². The lowest BCUT2D eigenvalue weighted by Gasteiger charge is -2.43. The Kier molecular flexibility index (Phi) is 6.49. The van der Waals surface area contributed by atoms with Gasteiger partial charge in [0.1, 0.15) is 6.10 Å². The molecule has 1 saturated heterocycles. The first kappa shape index (κ1) is 18.9. The van der Waals surface area contributed by atoms with E-state index in [-0.39, 0.29) is 0 Å². The summed E-state index contributed by atoms with van der Waals surface area (Å²) in [5.41, 5.74) is 0. The van der Waals surface area contributed by atoms with Crippen LogP contribution in [0.2, 0.25) is 0 Å². The predicted octanol–water partition coefficient (Wildman–Crippen LogP) is 0.0435. The molecular formula is C14H20O9. The lowest BCUT2D eigenvalue weighted by atomic mass is 9.93. The second-order valence-electron chi connectivity index (χ2n) is 5.20. The van der Waals surface area contributed by atoms with E-state index in [0.29, 0.717) is 0 Å². The van der Waals surface area contributed by atoms with E-state index in [0.717, 1.165) is 13.8 Å². The van der Waals surface area contributed by atoms with Crippen LogP contribution in [0.15, 0.2) is 0 Å². The molecule has 0 aromatic heterocycles. The number of ether oxygens (including phenoxy) is 4. The molecule has 130 valence electrons. The van der Waals surface area contributed by atoms with Gasteiger partial charge in [0.2, 0.25) is 0 Å². The SMILES string of the molecule is CC(=O)OC1[C@@H](OC(C)=O)[C@@H](C)O[C@@H](CC(=O)O)[C@H]1OC(C)=O. The van der Waals surface area contributed by atoms with Crippen molar-refractivity contribution in [3.63, 3.8) is 0 Å². The Labute approximate surface area is 132 Å². The number of carbonyl (C=O) groups excluding carboxylic acids is 3. The van der Waals surface area contributed by atoms with Gasteiger partial charge in [0.15, 0.2) is 18.3 Å². The van der Waals surface area contributed by atoms with Gasteiger partial charge in [0.25, 0.3) is 0 Å². The van der Waals surface area contributed by atoms with E-state index in [2.05, 4.69) is 0 Å². The van der Waals surface area contributed by atoms with Crippen LogP contribution < -0.4 is 0 Å². The Morgan fingerprint density at radius 2 is 1.30 bits per heavy atom. The normalized spacial score (nSPS) is 30.2. The summed E-state index contributed by atoms with van der Waals surface area (Å²) in [5.74, 6) is -3.21. The number of esters is 3. The Morgan fingerprint density at radius 3 is 1.74 bits per heavy atom. The first-order chi connectivity index (χ1) is 10.6. The van der Waals surface area contributed by atoms with E-state index in [9.17, 15) is 19.2 Å². The molecule has 5 atom stereocenters. The van der Waals surface area contributed by atoms with E-state index in [1.807, 2.05) is 0 Å². The molecule has 1 N–H and O–H groups in total. The highest BCUT2D eigenvalue weighted by Crippen LogP contribution is 2.30. The summed E-state index contributed by atoms with van der Waals surface area (Å²) in [4.78, 5) is 44.9. The maximum atomic E-state index is 11.3. The topological polar surface area (TPSA) is 125 Å². The lowest BCUT2D eigenvalue weighted by Crippen LogP contribution is -2.60. The maximum Gasteiger partial charge on any atom is 0.306 e.